The highest BCUT2D eigenvalue weighted by Gasteiger charge is 2.37. The lowest BCUT2D eigenvalue weighted by Crippen LogP contribution is -2.57. The summed E-state index contributed by atoms with van der Waals surface area (Å²) in [7, 11) is 0. The first-order valence-electron chi connectivity index (χ1n) is 27.3. The second-order valence-corrected chi connectivity index (χ2v) is 21.9. The second kappa shape index (κ2) is 23.0. The first-order chi connectivity index (χ1) is 35.5. The Balaban J connectivity index is 0.656. The van der Waals surface area contributed by atoms with E-state index < -0.39 is 17.8 Å². The molecule has 2 saturated carbocycles. The number of amides is 5. The zero-order valence-electron chi connectivity index (χ0n) is 42.3. The summed E-state index contributed by atoms with van der Waals surface area (Å²) in [6, 6.07) is 19.0. The van der Waals surface area contributed by atoms with Crippen LogP contribution in [0.5, 0.6) is 0 Å². The zero-order chi connectivity index (χ0) is 50.4. The summed E-state index contributed by atoms with van der Waals surface area (Å²) < 4.78 is 15.1. The number of piperidine rings is 2. The van der Waals surface area contributed by atoms with Gasteiger partial charge in [-0.15, -0.1) is 0 Å². The Bertz CT molecular complexity index is 2700. The molecular weight excluding hydrogens is 926 g/mol. The maximum atomic E-state index is 15.1. The van der Waals surface area contributed by atoms with Crippen LogP contribution in [0.1, 0.15) is 121 Å². The molecule has 388 valence electrons. The molecule has 2 N–H and O–H groups in total. The number of nitrogens with one attached hydrogen (secondary N) is 2. The lowest BCUT2D eigenvalue weighted by molar-refractivity contribution is -0.137. The zero-order valence-corrected chi connectivity index (χ0v) is 42.3. The predicted molar refractivity (Wildman–Crippen MR) is 276 cm³/mol. The van der Waals surface area contributed by atoms with Gasteiger partial charge in [0.2, 0.25) is 17.7 Å². The van der Waals surface area contributed by atoms with Crippen molar-refractivity contribution < 1.29 is 28.4 Å². The van der Waals surface area contributed by atoms with Crippen molar-refractivity contribution in [3.63, 3.8) is 0 Å². The molecule has 1 unspecified atom stereocenters. The molecular formula is C57H72FN9O6. The minimum absolute atomic E-state index is 0.0204. The van der Waals surface area contributed by atoms with Crippen molar-refractivity contribution in [2.45, 2.75) is 95.4 Å². The van der Waals surface area contributed by atoms with Gasteiger partial charge in [0.05, 0.1) is 23.2 Å². The smallest absolute Gasteiger partial charge is 0.272 e. The number of aromatic amines is 1. The van der Waals surface area contributed by atoms with Crippen LogP contribution in [-0.4, -0.2) is 167 Å². The van der Waals surface area contributed by atoms with E-state index in [1.54, 1.807) is 29.2 Å². The molecule has 5 heterocycles. The van der Waals surface area contributed by atoms with Gasteiger partial charge >= 0.3 is 0 Å². The van der Waals surface area contributed by atoms with Crippen LogP contribution < -0.4 is 10.9 Å². The third-order valence-corrected chi connectivity index (χ3v) is 16.8. The summed E-state index contributed by atoms with van der Waals surface area (Å²) in [4.78, 5) is 92.9. The van der Waals surface area contributed by atoms with Gasteiger partial charge in [-0.3, -0.25) is 38.6 Å². The highest BCUT2D eigenvalue weighted by molar-refractivity contribution is 5.98. The van der Waals surface area contributed by atoms with Crippen molar-refractivity contribution in [2.75, 3.05) is 91.6 Å². The largest absolute Gasteiger partial charge is 0.342 e. The van der Waals surface area contributed by atoms with Gasteiger partial charge in [-0.2, -0.15) is 5.10 Å². The van der Waals surface area contributed by atoms with Crippen molar-refractivity contribution in [2.24, 2.45) is 17.8 Å². The number of carbonyl (C=O) groups excluding carboxylic acids is 5. The lowest BCUT2D eigenvalue weighted by atomic mass is 9.83. The van der Waals surface area contributed by atoms with Crippen molar-refractivity contribution in [3.8, 4) is 0 Å². The number of hydrogen-bond donors (Lipinski definition) is 2. The van der Waals surface area contributed by atoms with E-state index in [1.165, 1.54) is 6.07 Å². The number of piperazine rings is 2. The molecule has 5 amide bonds. The maximum absolute atomic E-state index is 15.1. The number of carbonyl (C=O) groups is 5. The van der Waals surface area contributed by atoms with Crippen molar-refractivity contribution in [1.82, 2.24) is 44.9 Å². The average molecular weight is 998 g/mol. The van der Waals surface area contributed by atoms with E-state index in [0.29, 0.717) is 105 Å². The van der Waals surface area contributed by atoms with E-state index in [2.05, 4.69) is 31.4 Å². The van der Waals surface area contributed by atoms with Crippen LogP contribution in [0.15, 0.2) is 71.5 Å². The molecule has 4 aromatic rings. The number of rotatable bonds is 14. The van der Waals surface area contributed by atoms with E-state index in [9.17, 15) is 28.8 Å². The summed E-state index contributed by atoms with van der Waals surface area (Å²) in [5, 5.41) is 11.3. The third-order valence-electron chi connectivity index (χ3n) is 16.8. The van der Waals surface area contributed by atoms with E-state index in [0.717, 1.165) is 115 Å². The van der Waals surface area contributed by atoms with E-state index in [1.807, 2.05) is 45.0 Å². The van der Waals surface area contributed by atoms with Crippen molar-refractivity contribution >= 4 is 40.3 Å². The SMILES string of the molecule is O=C(N[C@@H](C(=O)N1CCN(CC2CCN(CC(=O)N3CCN(C(=O)c4cc(Cc5n[nH]c(=O)c6ccccc56)ccc4F)CC3)CC2)CC1)C1CCCCC1)c1cccc(C2CCCN(C(=O)CC3CC3)C2)c1. The van der Waals surface area contributed by atoms with Crippen LogP contribution in [0.4, 0.5) is 4.39 Å². The Morgan fingerprint density at radius 3 is 2.14 bits per heavy atom. The summed E-state index contributed by atoms with van der Waals surface area (Å²) in [5.41, 5.74) is 2.68. The molecule has 15 nitrogen and oxygen atoms in total. The number of nitrogens with zero attached hydrogens (tertiary/aromatic N) is 7. The van der Waals surface area contributed by atoms with Crippen molar-refractivity contribution in [1.29, 1.82) is 0 Å². The fourth-order valence-corrected chi connectivity index (χ4v) is 12.2. The molecule has 4 aliphatic heterocycles. The maximum Gasteiger partial charge on any atom is 0.272 e. The minimum atomic E-state index is -0.604. The molecule has 10 rings (SSSR count). The molecule has 0 bridgehead atoms. The van der Waals surface area contributed by atoms with Gasteiger partial charge in [-0.25, -0.2) is 9.49 Å². The number of H-pyrrole nitrogens is 1. The molecule has 0 radical (unpaired) electrons. The highest BCUT2D eigenvalue weighted by Crippen LogP contribution is 2.35. The van der Waals surface area contributed by atoms with Crippen LogP contribution >= 0.6 is 0 Å². The fraction of sp³-hybridized carbons (Fsp3) is 0.561. The van der Waals surface area contributed by atoms with E-state index >= 15 is 4.39 Å². The Kier molecular flexibility index (Phi) is 16.0. The number of likely N-dealkylation sites (tertiary alicyclic amines) is 2. The Morgan fingerprint density at radius 2 is 1.38 bits per heavy atom. The van der Waals surface area contributed by atoms with Gasteiger partial charge in [0, 0.05) is 102 Å². The molecule has 4 saturated heterocycles. The lowest BCUT2D eigenvalue weighted by Gasteiger charge is -2.41. The van der Waals surface area contributed by atoms with Gasteiger partial charge in [0.25, 0.3) is 17.4 Å². The van der Waals surface area contributed by atoms with Gasteiger partial charge in [0.15, 0.2) is 0 Å². The second-order valence-electron chi connectivity index (χ2n) is 21.9. The van der Waals surface area contributed by atoms with Crippen LogP contribution in [0.3, 0.4) is 0 Å². The minimum Gasteiger partial charge on any atom is -0.342 e. The molecule has 6 aliphatic rings. The summed E-state index contributed by atoms with van der Waals surface area (Å²) in [5.74, 6) is 0.499. The Labute approximate surface area is 427 Å². The van der Waals surface area contributed by atoms with Crippen LogP contribution in [-0.2, 0) is 20.8 Å². The number of benzene rings is 3. The molecule has 2 atom stereocenters. The van der Waals surface area contributed by atoms with Gasteiger partial charge in [-0.05, 0) is 124 Å². The molecule has 16 heteroatoms. The first-order valence-corrected chi connectivity index (χ1v) is 27.3. The van der Waals surface area contributed by atoms with Crippen LogP contribution in [0, 0.1) is 23.6 Å². The Morgan fingerprint density at radius 1 is 0.658 bits per heavy atom. The van der Waals surface area contributed by atoms with Crippen LogP contribution in [0.25, 0.3) is 10.8 Å². The topological polar surface area (TPSA) is 163 Å². The van der Waals surface area contributed by atoms with Gasteiger partial charge in [0.1, 0.15) is 11.9 Å². The summed E-state index contributed by atoms with van der Waals surface area (Å²) >= 11 is 0. The summed E-state index contributed by atoms with van der Waals surface area (Å²) in [6.45, 7) is 8.70. The molecule has 2 aliphatic carbocycles. The number of fused-ring (bicyclic) bond motifs is 1. The highest BCUT2D eigenvalue weighted by atomic mass is 19.1. The normalized spacial score (nSPS) is 21.3. The number of hydrogen-bond acceptors (Lipinski definition) is 9. The average Bonchev–Trinajstić information content (AvgIpc) is 4.26. The van der Waals surface area contributed by atoms with E-state index in [-0.39, 0.29) is 46.6 Å². The fourth-order valence-electron chi connectivity index (χ4n) is 12.2. The van der Waals surface area contributed by atoms with Gasteiger partial charge < -0.3 is 24.9 Å². The molecule has 6 fully saturated rings. The van der Waals surface area contributed by atoms with E-state index in [4.69, 9.17) is 0 Å². The predicted octanol–water partition coefficient (Wildman–Crippen LogP) is 5.68. The molecule has 0 spiro atoms. The molecule has 73 heavy (non-hydrogen) atoms. The third kappa shape index (κ3) is 12.3. The van der Waals surface area contributed by atoms with Gasteiger partial charge in [-0.1, -0.05) is 55.7 Å². The summed E-state index contributed by atoms with van der Waals surface area (Å²) in [6.07, 6.45) is 12.4. The number of halogens is 1. The van der Waals surface area contributed by atoms with Crippen molar-refractivity contribution in [3.05, 3.63) is 111 Å². The first kappa shape index (κ1) is 50.5. The van der Waals surface area contributed by atoms with Crippen LogP contribution in [0.2, 0.25) is 0 Å². The monoisotopic (exact) mass is 998 g/mol. The number of aromatic nitrogens is 2. The Hall–Kier alpha value is -6.00. The molecule has 1 aromatic heterocycles. The quantitative estimate of drug-likeness (QED) is 0.162. The standard InChI is InChI=1S/C57H72FN9O6/c58-49-18-17-41(33-50-46-13-4-5-14-47(46)55(71)61-60-50)32-48(49)56(72)65-30-28-64(29-31-65)52(69)38-62-22-19-40(20-23-62)36-63-24-26-66(27-25-63)57(73)53(42-8-2-1-3-9-42)59-54(70)44-11-6-10-43(35-44)45-12-7-21-67(37-45)51(68)34-39-15-16-39/h4-6,10-11,13-14,17-18,32,35,39-40,42,45,53H,1-3,7-9,12,15-16,19-31,33-34,36-38H2,(H,59,70)(H,61,71)/t45?,53-/m1/s1. The molecule has 3 aromatic carbocycles.